The lowest BCUT2D eigenvalue weighted by molar-refractivity contribution is -0.394. The lowest BCUT2D eigenvalue weighted by atomic mass is 10.2. The van der Waals surface area contributed by atoms with Crippen molar-refractivity contribution in [1.82, 2.24) is 0 Å². The van der Waals surface area contributed by atoms with Gasteiger partial charge in [0.25, 0.3) is 11.4 Å². The van der Waals surface area contributed by atoms with Crippen LogP contribution < -0.4 is 0 Å². The Labute approximate surface area is 114 Å². The van der Waals surface area contributed by atoms with Gasteiger partial charge in [-0.05, 0) is 18.2 Å². The van der Waals surface area contributed by atoms with Crippen LogP contribution in [0, 0.1) is 31.6 Å². The van der Waals surface area contributed by atoms with E-state index in [4.69, 9.17) is 5.26 Å². The minimum absolute atomic E-state index is 0.274. The van der Waals surface area contributed by atoms with Gasteiger partial charge in [0.2, 0.25) is 0 Å². The fraction of sp³-hybridized carbons (Fsp3) is 0. The average molecular weight is 271 g/mol. The smallest absolute Gasteiger partial charge is 0.258 e. The normalized spacial score (nSPS) is 8.75. The molecule has 0 aliphatic carbocycles. The molecular weight excluding hydrogens is 262 g/mol. The molecule has 0 amide bonds. The van der Waals surface area contributed by atoms with E-state index in [-0.39, 0.29) is 11.4 Å². The average Bonchev–Trinajstić information content (AvgIpc) is 2.49. The maximum atomic E-state index is 10.2. The van der Waals surface area contributed by atoms with Gasteiger partial charge in [0, 0.05) is 12.1 Å². The highest BCUT2D eigenvalue weighted by Gasteiger charge is 2.11. The fourth-order valence-electron chi connectivity index (χ4n) is 1.23. The second kappa shape index (κ2) is 7.23. The minimum Gasteiger partial charge on any atom is -0.258 e. The summed E-state index contributed by atoms with van der Waals surface area (Å²) in [5, 5.41) is 28.6. The number of hydrogen-bond acceptors (Lipinski definition) is 5. The number of rotatable bonds is 2. The standard InChI is InChI=1S/C7H5N.C6H4N2O4/c8-6-7-4-2-1-3-5-7;9-7(10)5-2-1-3-6(4-5)8(11)12/h1-5H;1-4H. The second-order valence-electron chi connectivity index (χ2n) is 3.51. The maximum Gasteiger partial charge on any atom is 0.276 e. The van der Waals surface area contributed by atoms with Gasteiger partial charge >= 0.3 is 0 Å². The predicted molar refractivity (Wildman–Crippen MR) is 70.9 cm³/mol. The highest BCUT2D eigenvalue weighted by molar-refractivity contribution is 5.42. The first-order valence-electron chi connectivity index (χ1n) is 5.38. The summed E-state index contributed by atoms with van der Waals surface area (Å²) in [6.07, 6.45) is 0. The van der Waals surface area contributed by atoms with Crippen LogP contribution in [0.15, 0.2) is 54.6 Å². The summed E-state index contributed by atoms with van der Waals surface area (Å²) < 4.78 is 0. The van der Waals surface area contributed by atoms with Crippen LogP contribution in [-0.2, 0) is 0 Å². The van der Waals surface area contributed by atoms with Gasteiger partial charge in [-0.15, -0.1) is 0 Å². The third-order valence-electron chi connectivity index (χ3n) is 2.15. The highest BCUT2D eigenvalue weighted by Crippen LogP contribution is 2.18. The van der Waals surface area contributed by atoms with E-state index in [0.717, 1.165) is 6.07 Å². The van der Waals surface area contributed by atoms with Gasteiger partial charge in [0.15, 0.2) is 0 Å². The zero-order chi connectivity index (χ0) is 15.0. The molecule has 0 bridgehead atoms. The van der Waals surface area contributed by atoms with Gasteiger partial charge in [-0.25, -0.2) is 0 Å². The lowest BCUT2D eigenvalue weighted by Crippen LogP contribution is -1.91. The van der Waals surface area contributed by atoms with Crippen molar-refractivity contribution in [3.05, 3.63) is 80.4 Å². The molecule has 0 aliphatic heterocycles. The van der Waals surface area contributed by atoms with Crippen LogP contribution in [0.25, 0.3) is 0 Å². The molecule has 0 heterocycles. The molecule has 2 aromatic rings. The molecule has 0 saturated heterocycles. The van der Waals surface area contributed by atoms with Crippen molar-refractivity contribution in [3.63, 3.8) is 0 Å². The Bertz CT molecular complexity index is 621. The molecule has 7 heteroatoms. The van der Waals surface area contributed by atoms with Crippen LogP contribution >= 0.6 is 0 Å². The van der Waals surface area contributed by atoms with E-state index in [1.54, 1.807) is 12.1 Å². The topological polar surface area (TPSA) is 110 Å². The second-order valence-corrected chi connectivity index (χ2v) is 3.51. The molecule has 2 rings (SSSR count). The fourth-order valence-corrected chi connectivity index (χ4v) is 1.23. The van der Waals surface area contributed by atoms with Crippen molar-refractivity contribution < 1.29 is 9.85 Å². The van der Waals surface area contributed by atoms with Gasteiger partial charge in [-0.1, -0.05) is 18.2 Å². The van der Waals surface area contributed by atoms with Crippen molar-refractivity contribution in [2.24, 2.45) is 0 Å². The first-order valence-corrected chi connectivity index (χ1v) is 5.38. The van der Waals surface area contributed by atoms with Crippen LogP contribution in [0.4, 0.5) is 11.4 Å². The van der Waals surface area contributed by atoms with Gasteiger partial charge in [0.1, 0.15) is 0 Å². The number of nitriles is 1. The Balaban J connectivity index is 0.000000217. The summed E-state index contributed by atoms with van der Waals surface area (Å²) in [6.45, 7) is 0. The highest BCUT2D eigenvalue weighted by atomic mass is 16.6. The molecule has 0 spiro atoms. The molecule has 0 unspecified atom stereocenters. The third kappa shape index (κ3) is 4.54. The number of hydrogen-bond donors (Lipinski definition) is 0. The quantitative estimate of drug-likeness (QED) is 0.615. The third-order valence-corrected chi connectivity index (χ3v) is 2.15. The van der Waals surface area contributed by atoms with Crippen molar-refractivity contribution in [3.8, 4) is 6.07 Å². The van der Waals surface area contributed by atoms with Crippen LogP contribution in [0.1, 0.15) is 5.56 Å². The van der Waals surface area contributed by atoms with Crippen LogP contribution in [0.2, 0.25) is 0 Å². The molecule has 100 valence electrons. The summed E-state index contributed by atoms with van der Waals surface area (Å²) in [4.78, 5) is 19.0. The molecule has 0 fully saturated rings. The van der Waals surface area contributed by atoms with Crippen LogP contribution in [-0.4, -0.2) is 9.85 Å². The lowest BCUT2D eigenvalue weighted by Gasteiger charge is -1.90. The minimum atomic E-state index is -0.674. The van der Waals surface area contributed by atoms with E-state index in [9.17, 15) is 20.2 Å². The van der Waals surface area contributed by atoms with E-state index in [1.165, 1.54) is 18.2 Å². The Morgan fingerprint density at radius 1 is 0.850 bits per heavy atom. The van der Waals surface area contributed by atoms with Gasteiger partial charge in [0.05, 0.1) is 27.5 Å². The molecule has 0 atom stereocenters. The molecular formula is C13H9N3O4. The molecule has 0 saturated carbocycles. The van der Waals surface area contributed by atoms with E-state index in [1.807, 2.05) is 24.3 Å². The summed E-state index contributed by atoms with van der Waals surface area (Å²) in [5.41, 5.74) is 0.168. The molecule has 20 heavy (non-hydrogen) atoms. The number of non-ortho nitro benzene ring substituents is 2. The Morgan fingerprint density at radius 3 is 1.70 bits per heavy atom. The molecule has 0 aromatic heterocycles. The van der Waals surface area contributed by atoms with Gasteiger partial charge in [-0.2, -0.15) is 5.26 Å². The molecule has 2 aromatic carbocycles. The number of nitro benzene ring substituents is 2. The van der Waals surface area contributed by atoms with Crippen molar-refractivity contribution >= 4 is 11.4 Å². The Hall–Kier alpha value is -3.27. The number of benzene rings is 2. The number of nitrogens with zero attached hydrogens (tertiary/aromatic N) is 3. The first kappa shape index (κ1) is 14.8. The van der Waals surface area contributed by atoms with Gasteiger partial charge in [-0.3, -0.25) is 20.2 Å². The Morgan fingerprint density at radius 2 is 1.35 bits per heavy atom. The first-order chi connectivity index (χ1) is 9.54. The molecule has 0 radical (unpaired) electrons. The van der Waals surface area contributed by atoms with Crippen molar-refractivity contribution in [2.45, 2.75) is 0 Å². The van der Waals surface area contributed by atoms with E-state index >= 15 is 0 Å². The summed E-state index contributed by atoms with van der Waals surface area (Å²) >= 11 is 0. The number of nitro groups is 2. The van der Waals surface area contributed by atoms with E-state index in [2.05, 4.69) is 0 Å². The van der Waals surface area contributed by atoms with Crippen molar-refractivity contribution in [2.75, 3.05) is 0 Å². The zero-order valence-corrected chi connectivity index (χ0v) is 10.2. The van der Waals surface area contributed by atoms with Crippen molar-refractivity contribution in [1.29, 1.82) is 5.26 Å². The SMILES string of the molecule is N#Cc1ccccc1.O=[N+]([O-])c1cccc([N+](=O)[O-])c1. The predicted octanol–water partition coefficient (Wildman–Crippen LogP) is 3.06. The van der Waals surface area contributed by atoms with E-state index in [0.29, 0.717) is 5.56 Å². The maximum absolute atomic E-state index is 10.2. The molecule has 0 N–H and O–H groups in total. The van der Waals surface area contributed by atoms with Crippen LogP contribution in [0.3, 0.4) is 0 Å². The zero-order valence-electron chi connectivity index (χ0n) is 10.2. The van der Waals surface area contributed by atoms with E-state index < -0.39 is 9.85 Å². The molecule has 0 aliphatic rings. The summed E-state index contributed by atoms with van der Waals surface area (Å²) in [6, 6.07) is 15.8. The van der Waals surface area contributed by atoms with Crippen LogP contribution in [0.5, 0.6) is 0 Å². The summed E-state index contributed by atoms with van der Waals surface area (Å²) in [5.74, 6) is 0. The van der Waals surface area contributed by atoms with Gasteiger partial charge < -0.3 is 0 Å². The molecule has 7 nitrogen and oxygen atoms in total. The Kier molecular flexibility index (Phi) is 5.34. The monoisotopic (exact) mass is 271 g/mol. The summed E-state index contributed by atoms with van der Waals surface area (Å²) in [7, 11) is 0. The largest absolute Gasteiger partial charge is 0.276 e.